The number of halogens is 3. The first-order chi connectivity index (χ1) is 17.1. The number of nitrogens with zero attached hydrogens (tertiary/aromatic N) is 4. The summed E-state index contributed by atoms with van der Waals surface area (Å²) in [6.45, 7) is 0.262. The molecule has 4 rings (SSSR count). The highest BCUT2D eigenvalue weighted by atomic mass is 19.4. The Labute approximate surface area is 203 Å². The molecule has 0 N–H and O–H groups in total. The van der Waals surface area contributed by atoms with Gasteiger partial charge in [0, 0.05) is 31.9 Å². The van der Waals surface area contributed by atoms with Gasteiger partial charge < -0.3 is 18.7 Å². The molecule has 0 saturated heterocycles. The number of ether oxygens (including phenoxy) is 1. The Bertz CT molecular complexity index is 1430. The largest absolute Gasteiger partial charge is 0.573 e. The zero-order valence-electron chi connectivity index (χ0n) is 19.3. The van der Waals surface area contributed by atoms with Crippen molar-refractivity contribution in [2.24, 2.45) is 0 Å². The first-order valence-electron chi connectivity index (χ1n) is 10.8. The standard InChI is InChI=1S/C25H21F3N4O4/c1-31(2)22(34)13-16-4-3-5-17(12-16)14-32-15-19(8-11-21(32)33)24-29-23(30-36-24)18-6-9-20(10-7-18)35-25(26,27)28/h3-12,15H,13-14H2,1-2H3. The molecule has 11 heteroatoms. The molecule has 0 aliphatic rings. The van der Waals surface area contributed by atoms with Crippen molar-refractivity contribution in [3.8, 4) is 28.6 Å². The summed E-state index contributed by atoms with van der Waals surface area (Å²) in [6, 6.07) is 15.4. The lowest BCUT2D eigenvalue weighted by atomic mass is 10.1. The van der Waals surface area contributed by atoms with Crippen molar-refractivity contribution in [2.75, 3.05) is 14.1 Å². The van der Waals surface area contributed by atoms with Crippen LogP contribution in [-0.4, -0.2) is 46.0 Å². The number of carbonyl (C=O) groups is 1. The van der Waals surface area contributed by atoms with Crippen LogP contribution in [-0.2, 0) is 17.8 Å². The van der Waals surface area contributed by atoms with Crippen molar-refractivity contribution >= 4 is 5.91 Å². The molecule has 2 aromatic heterocycles. The van der Waals surface area contributed by atoms with Crippen LogP contribution in [0, 0.1) is 0 Å². The zero-order chi connectivity index (χ0) is 25.9. The molecule has 0 atom stereocenters. The van der Waals surface area contributed by atoms with Crippen molar-refractivity contribution in [2.45, 2.75) is 19.3 Å². The number of likely N-dealkylation sites (N-methyl/N-ethyl adjacent to an activating group) is 1. The van der Waals surface area contributed by atoms with Crippen LogP contribution in [0.3, 0.4) is 0 Å². The van der Waals surface area contributed by atoms with Crippen molar-refractivity contribution in [1.82, 2.24) is 19.6 Å². The molecule has 0 bridgehead atoms. The Hall–Kier alpha value is -4.41. The van der Waals surface area contributed by atoms with E-state index in [4.69, 9.17) is 4.52 Å². The van der Waals surface area contributed by atoms with Gasteiger partial charge in [-0.2, -0.15) is 4.98 Å². The summed E-state index contributed by atoms with van der Waals surface area (Å²) < 4.78 is 47.7. The van der Waals surface area contributed by atoms with Crippen LogP contribution in [0.1, 0.15) is 11.1 Å². The normalized spacial score (nSPS) is 11.4. The maximum atomic E-state index is 12.5. The van der Waals surface area contributed by atoms with Crippen molar-refractivity contribution in [1.29, 1.82) is 0 Å². The third kappa shape index (κ3) is 6.17. The molecular formula is C25H21F3N4O4. The first kappa shape index (κ1) is 24.7. The first-order valence-corrected chi connectivity index (χ1v) is 10.8. The van der Waals surface area contributed by atoms with Gasteiger partial charge in [0.1, 0.15) is 5.75 Å². The predicted octanol–water partition coefficient (Wildman–Crippen LogP) is 4.14. The van der Waals surface area contributed by atoms with E-state index in [1.165, 1.54) is 27.7 Å². The molecule has 4 aromatic rings. The smallest absolute Gasteiger partial charge is 0.406 e. The molecule has 0 spiro atoms. The summed E-state index contributed by atoms with van der Waals surface area (Å²) >= 11 is 0. The van der Waals surface area contributed by atoms with E-state index in [-0.39, 0.29) is 41.9 Å². The number of benzene rings is 2. The highest BCUT2D eigenvalue weighted by Gasteiger charge is 2.31. The van der Waals surface area contributed by atoms with Crippen LogP contribution < -0.4 is 10.3 Å². The van der Waals surface area contributed by atoms with Crippen molar-refractivity contribution in [3.05, 3.63) is 88.3 Å². The van der Waals surface area contributed by atoms with Gasteiger partial charge in [-0.05, 0) is 41.5 Å². The third-order valence-corrected chi connectivity index (χ3v) is 5.20. The molecule has 0 aliphatic carbocycles. The maximum Gasteiger partial charge on any atom is 0.573 e. The number of carbonyl (C=O) groups excluding carboxylic acids is 1. The van der Waals surface area contributed by atoms with E-state index >= 15 is 0 Å². The second-order valence-electron chi connectivity index (χ2n) is 8.16. The molecule has 0 aliphatic heterocycles. The summed E-state index contributed by atoms with van der Waals surface area (Å²) in [5, 5.41) is 3.88. The quantitative estimate of drug-likeness (QED) is 0.381. The molecule has 8 nitrogen and oxygen atoms in total. The number of hydrogen-bond donors (Lipinski definition) is 0. The molecule has 2 aromatic carbocycles. The minimum atomic E-state index is -4.78. The lowest BCUT2D eigenvalue weighted by molar-refractivity contribution is -0.274. The number of pyridine rings is 1. The lowest BCUT2D eigenvalue weighted by Gasteiger charge is -2.11. The fraction of sp³-hybridized carbons (Fsp3) is 0.200. The van der Waals surface area contributed by atoms with Gasteiger partial charge in [0.15, 0.2) is 0 Å². The summed E-state index contributed by atoms with van der Waals surface area (Å²) in [5.74, 6) is -0.0857. The fourth-order valence-electron chi connectivity index (χ4n) is 3.41. The third-order valence-electron chi connectivity index (χ3n) is 5.20. The van der Waals surface area contributed by atoms with Gasteiger partial charge in [-0.25, -0.2) is 0 Å². The van der Waals surface area contributed by atoms with E-state index < -0.39 is 6.36 Å². The van der Waals surface area contributed by atoms with Gasteiger partial charge >= 0.3 is 6.36 Å². The highest BCUT2D eigenvalue weighted by molar-refractivity contribution is 5.78. The van der Waals surface area contributed by atoms with E-state index in [0.29, 0.717) is 11.1 Å². The minimum absolute atomic E-state index is 0.0268. The van der Waals surface area contributed by atoms with E-state index in [9.17, 15) is 22.8 Å². The molecule has 0 saturated carbocycles. The summed E-state index contributed by atoms with van der Waals surface area (Å²) in [6.07, 6.45) is -2.95. The molecular weight excluding hydrogens is 477 g/mol. The van der Waals surface area contributed by atoms with Crippen LogP contribution in [0.2, 0.25) is 0 Å². The van der Waals surface area contributed by atoms with Gasteiger partial charge in [0.25, 0.3) is 11.4 Å². The van der Waals surface area contributed by atoms with Gasteiger partial charge in [0.2, 0.25) is 11.7 Å². The van der Waals surface area contributed by atoms with Crippen molar-refractivity contribution < 1.29 is 27.2 Å². The summed E-state index contributed by atoms with van der Waals surface area (Å²) in [4.78, 5) is 30.3. The Morgan fingerprint density at radius 1 is 1.03 bits per heavy atom. The topological polar surface area (TPSA) is 90.5 Å². The molecule has 1 amide bonds. The number of rotatable bonds is 7. The van der Waals surface area contributed by atoms with E-state index in [1.54, 1.807) is 26.4 Å². The second-order valence-corrected chi connectivity index (χ2v) is 8.16. The van der Waals surface area contributed by atoms with Crippen LogP contribution in [0.15, 0.2) is 76.2 Å². The highest BCUT2D eigenvalue weighted by Crippen LogP contribution is 2.26. The predicted molar refractivity (Wildman–Crippen MR) is 124 cm³/mol. The Balaban J connectivity index is 1.53. The molecule has 0 radical (unpaired) electrons. The average Bonchev–Trinajstić information content (AvgIpc) is 3.30. The van der Waals surface area contributed by atoms with Crippen LogP contribution in [0.4, 0.5) is 13.2 Å². The maximum absolute atomic E-state index is 12.5. The Morgan fingerprint density at radius 2 is 1.72 bits per heavy atom. The van der Waals surface area contributed by atoms with Gasteiger partial charge in [0.05, 0.1) is 18.5 Å². The van der Waals surface area contributed by atoms with E-state index in [2.05, 4.69) is 14.9 Å². The molecule has 186 valence electrons. The van der Waals surface area contributed by atoms with Crippen LogP contribution >= 0.6 is 0 Å². The number of amides is 1. The van der Waals surface area contributed by atoms with E-state index in [1.807, 2.05) is 24.3 Å². The fourth-order valence-corrected chi connectivity index (χ4v) is 3.41. The molecule has 0 unspecified atom stereocenters. The number of alkyl halides is 3. The van der Waals surface area contributed by atoms with Crippen LogP contribution in [0.5, 0.6) is 5.75 Å². The number of aromatic nitrogens is 3. The minimum Gasteiger partial charge on any atom is -0.406 e. The number of hydrogen-bond acceptors (Lipinski definition) is 6. The zero-order valence-corrected chi connectivity index (χ0v) is 19.3. The van der Waals surface area contributed by atoms with Gasteiger partial charge in [-0.15, -0.1) is 13.2 Å². The second kappa shape index (κ2) is 10.1. The molecule has 2 heterocycles. The summed E-state index contributed by atoms with van der Waals surface area (Å²) in [7, 11) is 3.38. The monoisotopic (exact) mass is 498 g/mol. The Morgan fingerprint density at radius 3 is 2.42 bits per heavy atom. The molecule has 0 fully saturated rings. The van der Waals surface area contributed by atoms with Crippen LogP contribution in [0.25, 0.3) is 22.8 Å². The lowest BCUT2D eigenvalue weighted by Crippen LogP contribution is -2.23. The Kier molecular flexibility index (Phi) is 6.91. The van der Waals surface area contributed by atoms with E-state index in [0.717, 1.165) is 23.3 Å². The van der Waals surface area contributed by atoms with Gasteiger partial charge in [-0.1, -0.05) is 29.4 Å². The van der Waals surface area contributed by atoms with Gasteiger partial charge in [-0.3, -0.25) is 9.59 Å². The molecule has 36 heavy (non-hydrogen) atoms. The summed E-state index contributed by atoms with van der Waals surface area (Å²) in [5.41, 5.74) is 2.35. The van der Waals surface area contributed by atoms with Crippen molar-refractivity contribution in [3.63, 3.8) is 0 Å². The average molecular weight is 498 g/mol. The SMILES string of the molecule is CN(C)C(=O)Cc1cccc(Cn2cc(-c3nc(-c4ccc(OC(F)(F)F)cc4)no3)ccc2=O)c1.